The molecule has 1 saturated heterocycles. The van der Waals surface area contributed by atoms with Crippen LogP contribution in [-0.4, -0.2) is 58.5 Å². The number of carbonyl (C=O) groups is 1. The van der Waals surface area contributed by atoms with Gasteiger partial charge in [0.2, 0.25) is 5.91 Å². The van der Waals surface area contributed by atoms with Crippen LogP contribution in [-0.2, 0) is 4.79 Å². The molecule has 0 aromatic carbocycles. The molecule has 6 nitrogen and oxygen atoms in total. The van der Waals surface area contributed by atoms with E-state index < -0.39 is 6.10 Å². The maximum absolute atomic E-state index is 11.6. The van der Waals surface area contributed by atoms with Gasteiger partial charge < -0.3 is 15.3 Å². The molecule has 2 rings (SSSR count). The maximum atomic E-state index is 11.6. The quantitative estimate of drug-likeness (QED) is 0.680. The summed E-state index contributed by atoms with van der Waals surface area (Å²) in [5.41, 5.74) is 0. The van der Waals surface area contributed by atoms with E-state index in [1.165, 1.54) is 0 Å². The number of aliphatic hydroxyl groups is 1. The summed E-state index contributed by atoms with van der Waals surface area (Å²) < 4.78 is 1.71. The SMILES string of the molecule is CNCC(=O)N1C[C@H](O)[C@@H](n2cccn2)C1. The van der Waals surface area contributed by atoms with E-state index in [1.807, 2.05) is 6.07 Å². The lowest BCUT2D eigenvalue weighted by molar-refractivity contribution is -0.129. The number of hydrogen-bond acceptors (Lipinski definition) is 4. The highest BCUT2D eigenvalue weighted by atomic mass is 16.3. The Labute approximate surface area is 93.9 Å². The molecule has 1 fully saturated rings. The molecule has 0 aliphatic carbocycles. The predicted molar refractivity (Wildman–Crippen MR) is 57.8 cm³/mol. The molecule has 1 aliphatic heterocycles. The second kappa shape index (κ2) is 4.63. The van der Waals surface area contributed by atoms with Crippen molar-refractivity contribution < 1.29 is 9.90 Å². The van der Waals surface area contributed by atoms with Gasteiger partial charge in [0.15, 0.2) is 0 Å². The number of nitrogens with one attached hydrogen (secondary N) is 1. The second-order valence-electron chi connectivity index (χ2n) is 3.95. The molecule has 1 aliphatic rings. The average Bonchev–Trinajstić information content (AvgIpc) is 2.86. The Morgan fingerprint density at radius 2 is 2.44 bits per heavy atom. The van der Waals surface area contributed by atoms with E-state index in [1.54, 1.807) is 29.0 Å². The lowest BCUT2D eigenvalue weighted by Crippen LogP contribution is -2.36. The van der Waals surface area contributed by atoms with Gasteiger partial charge in [0, 0.05) is 25.5 Å². The Balaban J connectivity index is 2.02. The summed E-state index contributed by atoms with van der Waals surface area (Å²) in [5, 5.41) is 16.8. The first-order valence-electron chi connectivity index (χ1n) is 5.32. The molecule has 1 aromatic heterocycles. The summed E-state index contributed by atoms with van der Waals surface area (Å²) >= 11 is 0. The number of amides is 1. The van der Waals surface area contributed by atoms with Crippen molar-refractivity contribution in [3.63, 3.8) is 0 Å². The number of carbonyl (C=O) groups excluding carboxylic acids is 1. The average molecular weight is 224 g/mol. The largest absolute Gasteiger partial charge is 0.389 e. The minimum atomic E-state index is -0.541. The summed E-state index contributed by atoms with van der Waals surface area (Å²) in [5.74, 6) is 0.0104. The number of aliphatic hydroxyl groups excluding tert-OH is 1. The fraction of sp³-hybridized carbons (Fsp3) is 0.600. The number of aromatic nitrogens is 2. The summed E-state index contributed by atoms with van der Waals surface area (Å²) in [6, 6.07) is 1.68. The molecule has 1 aromatic rings. The molecule has 0 radical (unpaired) electrons. The number of rotatable bonds is 3. The molecule has 2 N–H and O–H groups in total. The zero-order valence-electron chi connectivity index (χ0n) is 9.21. The number of likely N-dealkylation sites (tertiary alicyclic amines) is 1. The van der Waals surface area contributed by atoms with Crippen LogP contribution in [0, 0.1) is 0 Å². The predicted octanol–water partition coefficient (Wildman–Crippen LogP) is -1.15. The molecule has 1 amide bonds. The Morgan fingerprint density at radius 3 is 3.06 bits per heavy atom. The Morgan fingerprint density at radius 1 is 1.62 bits per heavy atom. The van der Waals surface area contributed by atoms with Crippen LogP contribution >= 0.6 is 0 Å². The summed E-state index contributed by atoms with van der Waals surface area (Å²) in [4.78, 5) is 13.3. The lowest BCUT2D eigenvalue weighted by atomic mass is 10.2. The molecule has 2 atom stereocenters. The second-order valence-corrected chi connectivity index (χ2v) is 3.95. The molecular formula is C10H16N4O2. The fourth-order valence-electron chi connectivity index (χ4n) is 1.97. The summed E-state index contributed by atoms with van der Waals surface area (Å²) in [6.45, 7) is 1.20. The van der Waals surface area contributed by atoms with Crippen molar-refractivity contribution in [2.75, 3.05) is 26.7 Å². The lowest BCUT2D eigenvalue weighted by Gasteiger charge is -2.15. The molecule has 0 spiro atoms. The number of nitrogens with zero attached hydrogens (tertiary/aromatic N) is 3. The molecule has 6 heteroatoms. The van der Waals surface area contributed by atoms with Gasteiger partial charge in [0.05, 0.1) is 18.7 Å². The fourth-order valence-corrected chi connectivity index (χ4v) is 1.97. The highest BCUT2D eigenvalue weighted by molar-refractivity contribution is 5.78. The van der Waals surface area contributed by atoms with Gasteiger partial charge in [-0.05, 0) is 13.1 Å². The van der Waals surface area contributed by atoms with Crippen molar-refractivity contribution in [2.45, 2.75) is 12.1 Å². The first-order chi connectivity index (χ1) is 7.72. The van der Waals surface area contributed by atoms with Gasteiger partial charge in [-0.1, -0.05) is 0 Å². The van der Waals surface area contributed by atoms with Gasteiger partial charge in [-0.15, -0.1) is 0 Å². The zero-order valence-corrected chi connectivity index (χ0v) is 9.21. The smallest absolute Gasteiger partial charge is 0.236 e. The monoisotopic (exact) mass is 224 g/mol. The molecule has 88 valence electrons. The molecule has 0 bridgehead atoms. The minimum Gasteiger partial charge on any atom is -0.389 e. The van der Waals surface area contributed by atoms with Crippen LogP contribution in [0.1, 0.15) is 6.04 Å². The zero-order chi connectivity index (χ0) is 11.5. The van der Waals surface area contributed by atoms with Crippen LogP contribution in [0.5, 0.6) is 0 Å². The van der Waals surface area contributed by atoms with Crippen LogP contribution in [0.2, 0.25) is 0 Å². The van der Waals surface area contributed by atoms with Crippen molar-refractivity contribution in [1.82, 2.24) is 20.0 Å². The van der Waals surface area contributed by atoms with Gasteiger partial charge in [-0.2, -0.15) is 5.10 Å². The van der Waals surface area contributed by atoms with E-state index in [9.17, 15) is 9.90 Å². The Bertz CT molecular complexity index is 352. The highest BCUT2D eigenvalue weighted by Crippen LogP contribution is 2.21. The maximum Gasteiger partial charge on any atom is 0.236 e. The normalized spacial score (nSPS) is 25.0. The van der Waals surface area contributed by atoms with E-state index in [4.69, 9.17) is 0 Å². The minimum absolute atomic E-state index is 0.0104. The van der Waals surface area contributed by atoms with Crippen LogP contribution in [0.3, 0.4) is 0 Å². The van der Waals surface area contributed by atoms with E-state index in [2.05, 4.69) is 10.4 Å². The molecule has 16 heavy (non-hydrogen) atoms. The third kappa shape index (κ3) is 2.07. The molecular weight excluding hydrogens is 208 g/mol. The van der Waals surface area contributed by atoms with E-state index in [0.717, 1.165) is 0 Å². The van der Waals surface area contributed by atoms with Gasteiger partial charge in [-0.25, -0.2) is 0 Å². The number of hydrogen-bond donors (Lipinski definition) is 2. The first-order valence-corrected chi connectivity index (χ1v) is 5.32. The van der Waals surface area contributed by atoms with Crippen LogP contribution in [0.15, 0.2) is 18.5 Å². The highest BCUT2D eigenvalue weighted by Gasteiger charge is 2.34. The van der Waals surface area contributed by atoms with Gasteiger partial charge in [0.25, 0.3) is 0 Å². The van der Waals surface area contributed by atoms with Crippen molar-refractivity contribution in [2.24, 2.45) is 0 Å². The number of likely N-dealkylation sites (N-methyl/N-ethyl adjacent to an activating group) is 1. The Hall–Kier alpha value is -1.40. The summed E-state index contributed by atoms with van der Waals surface area (Å²) in [6.07, 6.45) is 2.94. The van der Waals surface area contributed by atoms with E-state index >= 15 is 0 Å². The van der Waals surface area contributed by atoms with Crippen molar-refractivity contribution >= 4 is 5.91 Å². The number of β-amino-alcohol motifs (C(OH)–C–C–N with tert-alkyl or cyclic N) is 1. The van der Waals surface area contributed by atoms with Crippen molar-refractivity contribution in [3.8, 4) is 0 Å². The molecule has 2 heterocycles. The summed E-state index contributed by atoms with van der Waals surface area (Å²) in [7, 11) is 1.73. The van der Waals surface area contributed by atoms with Crippen LogP contribution < -0.4 is 5.32 Å². The molecule has 0 unspecified atom stereocenters. The van der Waals surface area contributed by atoms with Crippen LogP contribution in [0.4, 0.5) is 0 Å². The van der Waals surface area contributed by atoms with Gasteiger partial charge in [-0.3, -0.25) is 9.48 Å². The third-order valence-electron chi connectivity index (χ3n) is 2.80. The topological polar surface area (TPSA) is 70.4 Å². The van der Waals surface area contributed by atoms with E-state index in [0.29, 0.717) is 19.6 Å². The Kier molecular flexibility index (Phi) is 3.21. The standard InChI is InChI=1S/C10H16N4O2/c1-11-5-10(16)13-6-8(9(15)7-13)14-4-2-3-12-14/h2-4,8-9,11,15H,5-7H2,1H3/t8-,9-/m0/s1. The molecule has 0 saturated carbocycles. The van der Waals surface area contributed by atoms with Gasteiger partial charge >= 0.3 is 0 Å². The van der Waals surface area contributed by atoms with Crippen LogP contribution in [0.25, 0.3) is 0 Å². The van der Waals surface area contributed by atoms with Gasteiger partial charge in [0.1, 0.15) is 0 Å². The third-order valence-corrected chi connectivity index (χ3v) is 2.80. The van der Waals surface area contributed by atoms with Crippen molar-refractivity contribution in [1.29, 1.82) is 0 Å². The van der Waals surface area contributed by atoms with Crippen molar-refractivity contribution in [3.05, 3.63) is 18.5 Å². The first kappa shape index (κ1) is 11.1. The van der Waals surface area contributed by atoms with E-state index in [-0.39, 0.29) is 11.9 Å².